The molecular formula is C35H37N3O4. The molecule has 2 heterocycles. The predicted molar refractivity (Wildman–Crippen MR) is 162 cm³/mol. The SMILES string of the molecule is CCOc1ccc(-n2c(C)cc(/C=C3\C(=O)NC(=O)N(c4ccc(C56CC7CC(CC(C7)C5)C6)cc4)C3=O)c2C)cc1. The van der Waals surface area contributed by atoms with Crippen LogP contribution >= 0.6 is 0 Å². The lowest BCUT2D eigenvalue weighted by Gasteiger charge is -2.57. The van der Waals surface area contributed by atoms with Gasteiger partial charge in [0.05, 0.1) is 12.3 Å². The van der Waals surface area contributed by atoms with Gasteiger partial charge in [0.1, 0.15) is 11.3 Å². The van der Waals surface area contributed by atoms with Crippen molar-refractivity contribution in [3.63, 3.8) is 0 Å². The molecule has 1 aromatic heterocycles. The molecule has 0 atom stereocenters. The zero-order valence-corrected chi connectivity index (χ0v) is 24.5. The molecule has 4 bridgehead atoms. The van der Waals surface area contributed by atoms with Gasteiger partial charge in [-0.25, -0.2) is 9.69 Å². The smallest absolute Gasteiger partial charge is 0.335 e. The van der Waals surface area contributed by atoms with E-state index in [0.717, 1.165) is 51.0 Å². The average Bonchev–Trinajstić information content (AvgIpc) is 3.23. The summed E-state index contributed by atoms with van der Waals surface area (Å²) in [4.78, 5) is 40.6. The van der Waals surface area contributed by atoms with E-state index in [4.69, 9.17) is 4.74 Å². The molecule has 0 radical (unpaired) electrons. The van der Waals surface area contributed by atoms with Crippen molar-refractivity contribution in [2.75, 3.05) is 11.5 Å². The Bertz CT molecular complexity index is 1580. The van der Waals surface area contributed by atoms with Crippen molar-refractivity contribution < 1.29 is 19.1 Å². The highest BCUT2D eigenvalue weighted by Gasteiger charge is 2.51. The highest BCUT2D eigenvalue weighted by Crippen LogP contribution is 2.60. The van der Waals surface area contributed by atoms with Crippen LogP contribution in [-0.4, -0.2) is 29.0 Å². The summed E-state index contributed by atoms with van der Waals surface area (Å²) in [5.74, 6) is 2.00. The summed E-state index contributed by atoms with van der Waals surface area (Å²) in [6, 6.07) is 17.0. The van der Waals surface area contributed by atoms with Crippen LogP contribution in [-0.2, 0) is 15.0 Å². The summed E-state index contributed by atoms with van der Waals surface area (Å²) in [5, 5.41) is 2.38. The van der Waals surface area contributed by atoms with Crippen molar-refractivity contribution in [1.29, 1.82) is 0 Å². The number of anilines is 1. The largest absolute Gasteiger partial charge is 0.494 e. The van der Waals surface area contributed by atoms with Crippen molar-refractivity contribution >= 4 is 29.6 Å². The second-order valence-corrected chi connectivity index (χ2v) is 12.8. The first-order valence-electron chi connectivity index (χ1n) is 15.2. The Morgan fingerprint density at radius 3 is 2.07 bits per heavy atom. The van der Waals surface area contributed by atoms with E-state index < -0.39 is 17.8 Å². The van der Waals surface area contributed by atoms with Crippen molar-refractivity contribution in [3.05, 3.63) is 82.7 Å². The molecule has 1 N–H and O–H groups in total. The zero-order chi connectivity index (χ0) is 29.2. The van der Waals surface area contributed by atoms with Crippen LogP contribution in [0.2, 0.25) is 0 Å². The maximum Gasteiger partial charge on any atom is 0.335 e. The molecule has 8 rings (SSSR count). The van der Waals surface area contributed by atoms with Gasteiger partial charge in [-0.2, -0.15) is 0 Å². The molecule has 2 aromatic carbocycles. The minimum absolute atomic E-state index is 0.0632. The number of carbonyl (C=O) groups excluding carboxylic acids is 3. The van der Waals surface area contributed by atoms with Gasteiger partial charge in [-0.15, -0.1) is 0 Å². The molecule has 7 nitrogen and oxygen atoms in total. The molecule has 7 heteroatoms. The lowest BCUT2D eigenvalue weighted by atomic mass is 9.48. The molecule has 216 valence electrons. The summed E-state index contributed by atoms with van der Waals surface area (Å²) in [6.07, 6.45) is 9.48. The Kier molecular flexibility index (Phi) is 6.37. The van der Waals surface area contributed by atoms with Crippen LogP contribution < -0.4 is 15.0 Å². The highest BCUT2D eigenvalue weighted by molar-refractivity contribution is 6.39. The Morgan fingerprint density at radius 2 is 1.48 bits per heavy atom. The van der Waals surface area contributed by atoms with Crippen LogP contribution in [0.15, 0.2) is 60.2 Å². The van der Waals surface area contributed by atoms with E-state index >= 15 is 0 Å². The Morgan fingerprint density at radius 1 is 0.881 bits per heavy atom. The summed E-state index contributed by atoms with van der Waals surface area (Å²) in [7, 11) is 0. The summed E-state index contributed by atoms with van der Waals surface area (Å²) in [6.45, 7) is 6.48. The fourth-order valence-corrected chi connectivity index (χ4v) is 8.66. The molecule has 4 aliphatic carbocycles. The van der Waals surface area contributed by atoms with E-state index in [-0.39, 0.29) is 11.0 Å². The lowest BCUT2D eigenvalue weighted by molar-refractivity contribution is -0.122. The molecule has 0 unspecified atom stereocenters. The molecule has 1 aliphatic heterocycles. The van der Waals surface area contributed by atoms with E-state index in [1.807, 2.05) is 63.2 Å². The molecule has 0 spiro atoms. The van der Waals surface area contributed by atoms with E-state index in [0.29, 0.717) is 12.3 Å². The third kappa shape index (κ3) is 4.37. The van der Waals surface area contributed by atoms with E-state index in [9.17, 15) is 14.4 Å². The Hall–Kier alpha value is -4.13. The number of amides is 4. The first-order valence-corrected chi connectivity index (χ1v) is 15.2. The minimum atomic E-state index is -0.718. The second kappa shape index (κ2) is 10.0. The number of carbonyl (C=O) groups is 3. The van der Waals surface area contributed by atoms with E-state index in [1.54, 1.807) is 6.08 Å². The molecule has 5 fully saturated rings. The third-order valence-corrected chi connectivity index (χ3v) is 10.1. The summed E-state index contributed by atoms with van der Waals surface area (Å²) >= 11 is 0. The number of nitrogens with one attached hydrogen (secondary N) is 1. The van der Waals surface area contributed by atoms with Gasteiger partial charge in [0.2, 0.25) is 0 Å². The number of benzene rings is 2. The van der Waals surface area contributed by atoms with Gasteiger partial charge in [-0.3, -0.25) is 14.9 Å². The number of rotatable bonds is 6. The van der Waals surface area contributed by atoms with Crippen LogP contribution in [0.25, 0.3) is 11.8 Å². The highest BCUT2D eigenvalue weighted by atomic mass is 16.5. The quantitative estimate of drug-likeness (QED) is 0.270. The number of aromatic nitrogens is 1. The van der Waals surface area contributed by atoms with Crippen LogP contribution in [0.3, 0.4) is 0 Å². The third-order valence-electron chi connectivity index (χ3n) is 10.1. The van der Waals surface area contributed by atoms with E-state index in [2.05, 4.69) is 22.0 Å². The summed E-state index contributed by atoms with van der Waals surface area (Å²) in [5.41, 5.74) is 5.50. The Labute approximate surface area is 246 Å². The predicted octanol–water partition coefficient (Wildman–Crippen LogP) is 6.63. The number of urea groups is 1. The summed E-state index contributed by atoms with van der Waals surface area (Å²) < 4.78 is 7.64. The second-order valence-electron chi connectivity index (χ2n) is 12.8. The number of ether oxygens (including phenoxy) is 1. The zero-order valence-electron chi connectivity index (χ0n) is 24.5. The van der Waals surface area contributed by atoms with Crippen molar-refractivity contribution in [3.8, 4) is 11.4 Å². The van der Waals surface area contributed by atoms with Gasteiger partial charge in [0, 0.05) is 17.1 Å². The lowest BCUT2D eigenvalue weighted by Crippen LogP contribution is -2.54. The number of imide groups is 2. The normalized spacial score (nSPS) is 27.6. The van der Waals surface area contributed by atoms with Gasteiger partial charge in [-0.05, 0) is 142 Å². The molecule has 4 amide bonds. The van der Waals surface area contributed by atoms with Gasteiger partial charge >= 0.3 is 6.03 Å². The van der Waals surface area contributed by atoms with Crippen molar-refractivity contribution in [2.45, 2.75) is 64.7 Å². The van der Waals surface area contributed by atoms with Gasteiger partial charge in [0.25, 0.3) is 11.8 Å². The number of nitrogens with zero attached hydrogens (tertiary/aromatic N) is 2. The number of hydrogen-bond acceptors (Lipinski definition) is 4. The van der Waals surface area contributed by atoms with Crippen LogP contribution in [0.1, 0.15) is 68.0 Å². The van der Waals surface area contributed by atoms with Crippen LogP contribution in [0, 0.1) is 31.6 Å². The van der Waals surface area contributed by atoms with Gasteiger partial charge < -0.3 is 9.30 Å². The molecule has 4 saturated carbocycles. The van der Waals surface area contributed by atoms with Crippen molar-refractivity contribution in [2.24, 2.45) is 17.8 Å². The molecule has 42 heavy (non-hydrogen) atoms. The molecule has 3 aromatic rings. The molecule has 1 saturated heterocycles. The first-order chi connectivity index (χ1) is 20.2. The van der Waals surface area contributed by atoms with Gasteiger partial charge in [-0.1, -0.05) is 12.1 Å². The van der Waals surface area contributed by atoms with Gasteiger partial charge in [0.15, 0.2) is 0 Å². The van der Waals surface area contributed by atoms with Crippen molar-refractivity contribution in [1.82, 2.24) is 9.88 Å². The Balaban J connectivity index is 1.17. The maximum absolute atomic E-state index is 13.7. The van der Waals surface area contributed by atoms with Crippen LogP contribution in [0.5, 0.6) is 5.75 Å². The number of hydrogen-bond donors (Lipinski definition) is 1. The maximum atomic E-state index is 13.7. The van der Waals surface area contributed by atoms with E-state index in [1.165, 1.54) is 44.1 Å². The fraction of sp³-hybridized carbons (Fsp3) is 0.400. The first kappa shape index (κ1) is 26.7. The number of barbiturate groups is 1. The number of aryl methyl sites for hydroxylation is 1. The monoisotopic (exact) mass is 563 g/mol. The average molecular weight is 564 g/mol. The standard InChI is InChI=1S/C35H37N3O4/c1-4-42-30-11-9-28(10-12-30)37-21(2)13-26(22(37)3)17-31-32(39)36-34(41)38(33(31)40)29-7-5-27(6-8-29)35-18-23-14-24(19-35)16-25(15-23)20-35/h5-13,17,23-25H,4,14-16,18-20H2,1-3H3,(H,36,39,41)/b31-17+. The topological polar surface area (TPSA) is 80.6 Å². The molecule has 5 aliphatic rings. The molecular weight excluding hydrogens is 526 g/mol. The van der Waals surface area contributed by atoms with Crippen LogP contribution in [0.4, 0.5) is 10.5 Å². The fourth-order valence-electron chi connectivity index (χ4n) is 8.66. The minimum Gasteiger partial charge on any atom is -0.494 e.